The highest BCUT2D eigenvalue weighted by molar-refractivity contribution is 5.90. The third kappa shape index (κ3) is 3.06. The fourth-order valence-corrected chi connectivity index (χ4v) is 5.94. The number of aromatic hydroxyl groups is 1. The second kappa shape index (κ2) is 7.52. The Morgan fingerprint density at radius 1 is 1.31 bits per heavy atom. The smallest absolute Gasteiger partial charge is 0.324 e. The van der Waals surface area contributed by atoms with Crippen LogP contribution >= 0.6 is 0 Å². The topological polar surface area (TPSA) is 73.6 Å². The number of phenolic OH excluding ortho intramolecular Hbond substituents is 1. The highest BCUT2D eigenvalue weighted by Crippen LogP contribution is 2.47. The second-order valence-electron chi connectivity index (χ2n) is 9.42. The first-order valence-corrected chi connectivity index (χ1v) is 11.3. The van der Waals surface area contributed by atoms with Gasteiger partial charge in [0.1, 0.15) is 5.75 Å². The lowest BCUT2D eigenvalue weighted by molar-refractivity contribution is 0.0213. The van der Waals surface area contributed by atoms with Crippen molar-refractivity contribution in [1.29, 1.82) is 0 Å². The van der Waals surface area contributed by atoms with Gasteiger partial charge >= 0.3 is 6.03 Å². The van der Waals surface area contributed by atoms with Crippen LogP contribution in [-0.4, -0.2) is 63.2 Å². The van der Waals surface area contributed by atoms with Gasteiger partial charge < -0.3 is 19.5 Å². The fourth-order valence-electron chi connectivity index (χ4n) is 5.94. The van der Waals surface area contributed by atoms with Crippen LogP contribution in [0.4, 0.5) is 10.7 Å². The Labute approximate surface area is 188 Å². The number of fused-ring (bicyclic) bond motifs is 5. The Morgan fingerprint density at radius 2 is 2.09 bits per heavy atom. The summed E-state index contributed by atoms with van der Waals surface area (Å²) in [7, 11) is 4.03. The van der Waals surface area contributed by atoms with Crippen LogP contribution in [0.5, 0.6) is 5.75 Å². The molecule has 2 aliphatic rings. The number of nitrogens with one attached hydrogen (secondary N) is 1. The van der Waals surface area contributed by atoms with E-state index in [4.69, 9.17) is 0 Å². The van der Waals surface area contributed by atoms with Gasteiger partial charge in [0.25, 0.3) is 0 Å². The molecule has 168 valence electrons. The molecule has 2 bridgehead atoms. The maximum absolute atomic E-state index is 13.5. The predicted octanol–water partition coefficient (Wildman–Crippen LogP) is 3.81. The van der Waals surface area contributed by atoms with Gasteiger partial charge in [0.2, 0.25) is 5.95 Å². The Morgan fingerprint density at radius 3 is 2.88 bits per heavy atom. The number of aryl methyl sites for hydroxylation is 1. The van der Waals surface area contributed by atoms with Crippen molar-refractivity contribution in [2.24, 2.45) is 0 Å². The van der Waals surface area contributed by atoms with E-state index in [-0.39, 0.29) is 29.3 Å². The number of carbonyl (C=O) groups is 1. The van der Waals surface area contributed by atoms with Gasteiger partial charge in [-0.05, 0) is 68.8 Å². The highest BCUT2D eigenvalue weighted by atomic mass is 16.3. The van der Waals surface area contributed by atoms with E-state index in [1.165, 1.54) is 5.56 Å². The van der Waals surface area contributed by atoms with Crippen molar-refractivity contribution in [3.8, 4) is 5.75 Å². The normalized spacial score (nSPS) is 24.9. The van der Waals surface area contributed by atoms with Crippen LogP contribution in [0.15, 0.2) is 42.5 Å². The average Bonchev–Trinajstić information content (AvgIpc) is 3.13. The third-order valence-electron chi connectivity index (χ3n) is 7.63. The molecule has 2 aromatic carbocycles. The lowest BCUT2D eigenvalue weighted by Crippen LogP contribution is -2.67. The summed E-state index contributed by atoms with van der Waals surface area (Å²) in [6.07, 6.45) is 1.78. The molecule has 1 unspecified atom stereocenters. The van der Waals surface area contributed by atoms with Gasteiger partial charge in [-0.3, -0.25) is 5.32 Å². The molecule has 7 nitrogen and oxygen atoms in total. The van der Waals surface area contributed by atoms with Crippen LogP contribution in [0.25, 0.3) is 11.0 Å². The Balaban J connectivity index is 1.49. The Bertz CT molecular complexity index is 1190. The zero-order valence-corrected chi connectivity index (χ0v) is 19.2. The van der Waals surface area contributed by atoms with E-state index < -0.39 is 0 Å². The van der Waals surface area contributed by atoms with E-state index in [0.717, 1.165) is 42.5 Å². The number of carbonyl (C=O) groups excluding carboxylic acids is 1. The number of anilines is 1. The molecule has 0 saturated carbocycles. The van der Waals surface area contributed by atoms with E-state index in [0.29, 0.717) is 5.95 Å². The first kappa shape index (κ1) is 20.8. The summed E-state index contributed by atoms with van der Waals surface area (Å²) in [6.45, 7) is 5.98. The summed E-state index contributed by atoms with van der Waals surface area (Å²) in [4.78, 5) is 22.4. The van der Waals surface area contributed by atoms with Crippen molar-refractivity contribution in [3.63, 3.8) is 0 Å². The molecule has 1 aliphatic heterocycles. The standard InChI is InChI=1S/C25H31N5O2/c1-5-30-20-9-7-6-8-19(20)26-23(30)27-24(32)29(4)22-21-14-16-10-11-17(31)15-18(16)25(22,2)12-13-28(21)3/h6-11,15,21-22,31H,5,12-14H2,1-4H3,(H,26,27,32)/t21-,22+,25?/m1/s1. The number of aromatic nitrogens is 2. The van der Waals surface area contributed by atoms with Crippen molar-refractivity contribution in [1.82, 2.24) is 19.4 Å². The van der Waals surface area contributed by atoms with Gasteiger partial charge in [-0.2, -0.15) is 0 Å². The van der Waals surface area contributed by atoms with E-state index in [2.05, 4.69) is 36.1 Å². The number of piperidine rings is 1. The van der Waals surface area contributed by atoms with Crippen molar-refractivity contribution in [2.75, 3.05) is 26.0 Å². The van der Waals surface area contributed by atoms with E-state index in [9.17, 15) is 9.90 Å². The molecule has 1 aromatic heterocycles. The molecule has 5 rings (SSSR count). The molecule has 7 heteroatoms. The SMILES string of the molecule is CCn1c(NC(=O)N(C)[C@H]2[C@H]3Cc4ccc(O)cc4C2(C)CCN3C)nc2ccccc21. The molecule has 0 spiro atoms. The molecule has 3 aromatic rings. The van der Waals surface area contributed by atoms with Crippen LogP contribution < -0.4 is 5.32 Å². The Kier molecular flexibility index (Phi) is 4.89. The van der Waals surface area contributed by atoms with Crippen molar-refractivity contribution >= 4 is 23.0 Å². The zero-order valence-electron chi connectivity index (χ0n) is 19.2. The van der Waals surface area contributed by atoms with E-state index in [1.54, 1.807) is 6.07 Å². The number of benzene rings is 2. The predicted molar refractivity (Wildman–Crippen MR) is 126 cm³/mol. The maximum Gasteiger partial charge on any atom is 0.324 e. The minimum Gasteiger partial charge on any atom is -0.508 e. The van der Waals surface area contributed by atoms with Crippen LogP contribution in [0, 0.1) is 0 Å². The van der Waals surface area contributed by atoms with Crippen molar-refractivity contribution < 1.29 is 9.90 Å². The Hall–Kier alpha value is -3.06. The zero-order chi connectivity index (χ0) is 22.6. The van der Waals surface area contributed by atoms with Crippen LogP contribution in [0.1, 0.15) is 31.4 Å². The van der Waals surface area contributed by atoms with E-state index in [1.807, 2.05) is 52.9 Å². The lowest BCUT2D eigenvalue weighted by atomic mass is 9.61. The van der Waals surface area contributed by atoms with Crippen molar-refractivity contribution in [2.45, 2.75) is 50.7 Å². The number of likely N-dealkylation sites (tertiary alicyclic amines) is 1. The number of rotatable bonds is 3. The fraction of sp³-hybridized carbons (Fsp3) is 0.440. The quantitative estimate of drug-likeness (QED) is 0.659. The van der Waals surface area contributed by atoms with Gasteiger partial charge in [0.05, 0.1) is 17.1 Å². The summed E-state index contributed by atoms with van der Waals surface area (Å²) in [6, 6.07) is 13.7. The van der Waals surface area contributed by atoms with Crippen molar-refractivity contribution in [3.05, 3.63) is 53.6 Å². The number of imidazole rings is 1. The molecule has 2 heterocycles. The van der Waals surface area contributed by atoms with Crippen LogP contribution in [0.3, 0.4) is 0 Å². The molecule has 1 saturated heterocycles. The summed E-state index contributed by atoms with van der Waals surface area (Å²) in [5, 5.41) is 13.3. The maximum atomic E-state index is 13.5. The molecular weight excluding hydrogens is 402 g/mol. The number of urea groups is 1. The minimum atomic E-state index is -0.236. The molecule has 2 amide bonds. The monoisotopic (exact) mass is 433 g/mol. The van der Waals surface area contributed by atoms with Gasteiger partial charge in [-0.25, -0.2) is 9.78 Å². The van der Waals surface area contributed by atoms with Gasteiger partial charge in [0.15, 0.2) is 0 Å². The average molecular weight is 434 g/mol. The highest BCUT2D eigenvalue weighted by Gasteiger charge is 2.52. The summed E-state index contributed by atoms with van der Waals surface area (Å²) >= 11 is 0. The largest absolute Gasteiger partial charge is 0.508 e. The number of hydrogen-bond donors (Lipinski definition) is 2. The first-order valence-electron chi connectivity index (χ1n) is 11.3. The van der Waals surface area contributed by atoms with Gasteiger partial charge in [-0.15, -0.1) is 0 Å². The van der Waals surface area contributed by atoms with Gasteiger partial charge in [-0.1, -0.05) is 25.1 Å². The summed E-state index contributed by atoms with van der Waals surface area (Å²) < 4.78 is 2.03. The molecule has 3 atom stereocenters. The minimum absolute atomic E-state index is 0.0185. The van der Waals surface area contributed by atoms with Gasteiger partial charge in [0, 0.05) is 25.0 Å². The summed E-state index contributed by atoms with van der Waals surface area (Å²) in [5.41, 5.74) is 4.07. The number of hydrogen-bond acceptors (Lipinski definition) is 4. The number of phenols is 1. The molecule has 0 radical (unpaired) electrons. The van der Waals surface area contributed by atoms with Crippen LogP contribution in [-0.2, 0) is 18.4 Å². The molecular formula is C25H31N5O2. The molecule has 1 fully saturated rings. The number of likely N-dealkylation sites (N-methyl/N-ethyl adjacent to an activating group) is 2. The molecule has 1 aliphatic carbocycles. The second-order valence-corrected chi connectivity index (χ2v) is 9.42. The number of amides is 2. The van der Waals surface area contributed by atoms with Crippen LogP contribution in [0.2, 0.25) is 0 Å². The summed E-state index contributed by atoms with van der Waals surface area (Å²) in [5.74, 6) is 0.855. The first-order chi connectivity index (χ1) is 15.3. The van der Waals surface area contributed by atoms with E-state index >= 15 is 0 Å². The lowest BCUT2D eigenvalue weighted by Gasteiger charge is -2.57. The number of para-hydroxylation sites is 2. The molecule has 32 heavy (non-hydrogen) atoms. The molecule has 2 N–H and O–H groups in total. The number of nitrogens with zero attached hydrogens (tertiary/aromatic N) is 4. The third-order valence-corrected chi connectivity index (χ3v) is 7.63.